The summed E-state index contributed by atoms with van der Waals surface area (Å²) in [4.78, 5) is 24.9. The first-order valence-electron chi connectivity index (χ1n) is 6.59. The summed E-state index contributed by atoms with van der Waals surface area (Å²) >= 11 is 7.39. The maximum atomic E-state index is 12.3. The van der Waals surface area contributed by atoms with Crippen LogP contribution in [0, 0.1) is 0 Å². The van der Waals surface area contributed by atoms with Gasteiger partial charge in [-0.05, 0) is 31.5 Å². The highest BCUT2D eigenvalue weighted by Crippen LogP contribution is 2.29. The molecule has 0 aliphatic carbocycles. The minimum absolute atomic E-state index is 0.155. The topological polar surface area (TPSA) is 69.6 Å². The monoisotopic (exact) mass is 328 g/mol. The molecule has 2 amide bonds. The summed E-state index contributed by atoms with van der Waals surface area (Å²) in [6, 6.07) is 5.83. The van der Waals surface area contributed by atoms with E-state index in [2.05, 4.69) is 5.32 Å². The van der Waals surface area contributed by atoms with E-state index in [0.29, 0.717) is 10.8 Å². The lowest BCUT2D eigenvalue weighted by atomic mass is 10.1. The zero-order valence-corrected chi connectivity index (χ0v) is 13.3. The number of rotatable bonds is 3. The maximum absolute atomic E-state index is 12.3. The number of carbonyl (C=O) groups is 2. The molecule has 1 aliphatic rings. The summed E-state index contributed by atoms with van der Waals surface area (Å²) in [6.07, 6.45) is 0. The van der Waals surface area contributed by atoms with Crippen molar-refractivity contribution in [2.45, 2.75) is 31.3 Å². The second kappa shape index (κ2) is 6.58. The molecule has 0 saturated carbocycles. The van der Waals surface area contributed by atoms with Gasteiger partial charge in [0.2, 0.25) is 0 Å². The van der Waals surface area contributed by atoms with Crippen LogP contribution in [0.3, 0.4) is 0 Å². The van der Waals surface area contributed by atoms with Crippen LogP contribution in [0.2, 0.25) is 5.02 Å². The van der Waals surface area contributed by atoms with E-state index in [1.54, 1.807) is 12.1 Å². The van der Waals surface area contributed by atoms with Gasteiger partial charge >= 0.3 is 12.0 Å². The molecule has 5 nitrogen and oxygen atoms in total. The second-order valence-corrected chi connectivity index (χ2v) is 6.71. The van der Waals surface area contributed by atoms with Crippen molar-refractivity contribution in [1.82, 2.24) is 10.2 Å². The van der Waals surface area contributed by atoms with E-state index >= 15 is 0 Å². The van der Waals surface area contributed by atoms with Gasteiger partial charge in [-0.1, -0.05) is 23.7 Å². The molecule has 2 rings (SSSR count). The Bertz CT molecular complexity index is 555. The van der Waals surface area contributed by atoms with Crippen molar-refractivity contribution in [2.75, 3.05) is 5.75 Å². The summed E-state index contributed by atoms with van der Waals surface area (Å²) in [7, 11) is 0. The lowest BCUT2D eigenvalue weighted by Crippen LogP contribution is -2.49. The SMILES string of the molecule is CC(NC(=O)N1C(C)SCC1C(=O)O)c1cccc(Cl)c1. The number of carboxylic acids is 1. The normalized spacial score (nSPS) is 22.9. The van der Waals surface area contributed by atoms with Gasteiger partial charge in [-0.2, -0.15) is 0 Å². The number of nitrogens with zero attached hydrogens (tertiary/aromatic N) is 1. The standard InChI is InChI=1S/C14H17ClN2O3S/c1-8(10-4-3-5-11(15)6-10)16-14(20)17-9(2)21-7-12(17)13(18)19/h3-6,8-9,12H,7H2,1-2H3,(H,16,20)(H,18,19). The molecule has 1 aromatic rings. The van der Waals surface area contributed by atoms with Gasteiger partial charge in [0.15, 0.2) is 0 Å². The van der Waals surface area contributed by atoms with Crippen LogP contribution in [0.1, 0.15) is 25.5 Å². The molecule has 0 radical (unpaired) electrons. The fraction of sp³-hybridized carbons (Fsp3) is 0.429. The molecule has 0 spiro atoms. The zero-order valence-electron chi connectivity index (χ0n) is 11.7. The molecule has 1 aliphatic heterocycles. The van der Waals surface area contributed by atoms with Crippen molar-refractivity contribution in [2.24, 2.45) is 0 Å². The van der Waals surface area contributed by atoms with Gasteiger partial charge in [-0.15, -0.1) is 11.8 Å². The molecule has 2 N–H and O–H groups in total. The smallest absolute Gasteiger partial charge is 0.327 e. The van der Waals surface area contributed by atoms with Gasteiger partial charge in [-0.3, -0.25) is 4.90 Å². The largest absolute Gasteiger partial charge is 0.480 e. The molecule has 1 saturated heterocycles. The molecule has 0 aromatic heterocycles. The predicted molar refractivity (Wildman–Crippen MR) is 83.6 cm³/mol. The first kappa shape index (κ1) is 16.0. The molecule has 1 heterocycles. The number of hydrogen-bond donors (Lipinski definition) is 2. The molecule has 21 heavy (non-hydrogen) atoms. The van der Waals surface area contributed by atoms with Crippen molar-refractivity contribution in [3.8, 4) is 0 Å². The molecule has 114 valence electrons. The van der Waals surface area contributed by atoms with E-state index < -0.39 is 12.0 Å². The van der Waals surface area contributed by atoms with Gasteiger partial charge in [0.05, 0.1) is 11.4 Å². The van der Waals surface area contributed by atoms with Gasteiger partial charge in [0.25, 0.3) is 0 Å². The first-order chi connectivity index (χ1) is 9.90. The first-order valence-corrected chi connectivity index (χ1v) is 8.01. The van der Waals surface area contributed by atoms with Gasteiger partial charge in [0, 0.05) is 10.8 Å². The van der Waals surface area contributed by atoms with Crippen molar-refractivity contribution in [3.05, 3.63) is 34.9 Å². The van der Waals surface area contributed by atoms with E-state index in [1.807, 2.05) is 26.0 Å². The average molecular weight is 329 g/mol. The molecule has 1 fully saturated rings. The summed E-state index contributed by atoms with van der Waals surface area (Å²) in [6.45, 7) is 3.67. The number of amides is 2. The molecular formula is C14H17ClN2O3S. The second-order valence-electron chi connectivity index (χ2n) is 4.92. The van der Waals surface area contributed by atoms with Crippen LogP contribution in [0.25, 0.3) is 0 Å². The molecule has 0 bridgehead atoms. The molecule has 3 unspecified atom stereocenters. The Hall–Kier alpha value is -1.40. The van der Waals surface area contributed by atoms with Crippen molar-refractivity contribution < 1.29 is 14.7 Å². The number of carboxylic acid groups (broad SMARTS) is 1. The maximum Gasteiger partial charge on any atom is 0.327 e. The van der Waals surface area contributed by atoms with Crippen LogP contribution in [-0.4, -0.2) is 39.2 Å². The van der Waals surface area contributed by atoms with E-state index in [0.717, 1.165) is 5.56 Å². The van der Waals surface area contributed by atoms with Gasteiger partial charge in [-0.25, -0.2) is 9.59 Å². The quantitative estimate of drug-likeness (QED) is 0.895. The molecular weight excluding hydrogens is 312 g/mol. The Morgan fingerprint density at radius 1 is 1.52 bits per heavy atom. The molecule has 3 atom stereocenters. The van der Waals surface area contributed by atoms with E-state index in [4.69, 9.17) is 11.6 Å². The van der Waals surface area contributed by atoms with E-state index in [1.165, 1.54) is 16.7 Å². The Labute approximate surface area is 132 Å². The van der Waals surface area contributed by atoms with Gasteiger partial charge in [0.1, 0.15) is 6.04 Å². The minimum atomic E-state index is -0.975. The van der Waals surface area contributed by atoms with Crippen LogP contribution < -0.4 is 5.32 Å². The highest BCUT2D eigenvalue weighted by Gasteiger charge is 2.39. The highest BCUT2D eigenvalue weighted by atomic mass is 35.5. The van der Waals surface area contributed by atoms with E-state index in [-0.39, 0.29) is 17.4 Å². The Morgan fingerprint density at radius 2 is 2.24 bits per heavy atom. The van der Waals surface area contributed by atoms with Crippen LogP contribution in [-0.2, 0) is 4.79 Å². The summed E-state index contributed by atoms with van der Waals surface area (Å²) < 4.78 is 0. The number of hydrogen-bond acceptors (Lipinski definition) is 3. The summed E-state index contributed by atoms with van der Waals surface area (Å²) in [5.41, 5.74) is 0.877. The zero-order chi connectivity index (χ0) is 15.6. The van der Waals surface area contributed by atoms with Gasteiger partial charge < -0.3 is 10.4 Å². The average Bonchev–Trinajstić information content (AvgIpc) is 2.80. The fourth-order valence-electron chi connectivity index (χ4n) is 2.26. The predicted octanol–water partition coefficient (Wildman–Crippen LogP) is 2.96. The Kier molecular flexibility index (Phi) is 5.00. The van der Waals surface area contributed by atoms with Crippen LogP contribution in [0.5, 0.6) is 0 Å². The Morgan fingerprint density at radius 3 is 2.86 bits per heavy atom. The number of carbonyl (C=O) groups excluding carboxylic acids is 1. The van der Waals surface area contributed by atoms with Crippen LogP contribution >= 0.6 is 23.4 Å². The highest BCUT2D eigenvalue weighted by molar-refractivity contribution is 8.00. The van der Waals surface area contributed by atoms with Crippen LogP contribution in [0.4, 0.5) is 4.79 Å². The number of aliphatic carboxylic acids is 1. The minimum Gasteiger partial charge on any atom is -0.480 e. The Balaban J connectivity index is 2.08. The number of nitrogens with one attached hydrogen (secondary N) is 1. The van der Waals surface area contributed by atoms with Crippen LogP contribution in [0.15, 0.2) is 24.3 Å². The van der Waals surface area contributed by atoms with Crippen molar-refractivity contribution in [3.63, 3.8) is 0 Å². The summed E-state index contributed by atoms with van der Waals surface area (Å²) in [5.74, 6) is -0.562. The third-order valence-electron chi connectivity index (χ3n) is 3.43. The van der Waals surface area contributed by atoms with Crippen molar-refractivity contribution >= 4 is 35.4 Å². The number of halogens is 1. The summed E-state index contributed by atoms with van der Waals surface area (Å²) in [5, 5.41) is 12.5. The van der Waals surface area contributed by atoms with E-state index in [9.17, 15) is 14.7 Å². The third-order valence-corrected chi connectivity index (χ3v) is 4.88. The fourth-order valence-corrected chi connectivity index (χ4v) is 3.63. The lowest BCUT2D eigenvalue weighted by molar-refractivity contribution is -0.141. The third kappa shape index (κ3) is 3.63. The number of thioether (sulfide) groups is 1. The number of benzene rings is 1. The molecule has 1 aromatic carbocycles. The lowest BCUT2D eigenvalue weighted by Gasteiger charge is -2.27. The molecule has 7 heteroatoms. The van der Waals surface area contributed by atoms with Crippen molar-refractivity contribution in [1.29, 1.82) is 0 Å². The number of urea groups is 1.